The maximum Gasteiger partial charge on any atom is 0.407 e. The molecule has 18 heteroatoms. The van der Waals surface area contributed by atoms with Crippen LogP contribution in [0.1, 0.15) is 69.6 Å². The summed E-state index contributed by atoms with van der Waals surface area (Å²) in [6.07, 6.45) is 6.62. The Morgan fingerprint density at radius 3 is 1.73 bits per heavy atom. The smallest absolute Gasteiger partial charge is 0.407 e. The van der Waals surface area contributed by atoms with Gasteiger partial charge in [-0.05, 0) is 75.1 Å². The summed E-state index contributed by atoms with van der Waals surface area (Å²) in [5.74, 6) is 0. The molecule has 0 fully saturated rings. The van der Waals surface area contributed by atoms with E-state index in [1.165, 1.54) is 0 Å². The van der Waals surface area contributed by atoms with Crippen LogP contribution in [0.5, 0.6) is 0 Å². The fraction of sp³-hybridized carbons (Fsp3) is 0.462. The van der Waals surface area contributed by atoms with Gasteiger partial charge in [0.1, 0.15) is 32.0 Å². The van der Waals surface area contributed by atoms with Crippen LogP contribution in [0.15, 0.2) is 120 Å². The van der Waals surface area contributed by atoms with Crippen LogP contribution in [0, 0.1) is 0 Å². The zero-order valence-corrected chi connectivity index (χ0v) is 40.8. The average Bonchev–Trinajstić information content (AvgIpc) is 3.35. The Hall–Kier alpha value is -6.92. The van der Waals surface area contributed by atoms with Crippen molar-refractivity contribution in [2.75, 3.05) is 72.2 Å². The summed E-state index contributed by atoms with van der Waals surface area (Å²) in [4.78, 5) is 69.9. The summed E-state index contributed by atoms with van der Waals surface area (Å²) in [6.45, 7) is 8.46. The highest BCUT2D eigenvalue weighted by Gasteiger charge is 2.20. The minimum absolute atomic E-state index is 0.0116. The number of aliphatic imine (C=N–C) groups is 1. The number of hydrogen-bond acceptors (Lipinski definition) is 13. The van der Waals surface area contributed by atoms with Gasteiger partial charge in [-0.25, -0.2) is 24.0 Å². The van der Waals surface area contributed by atoms with Gasteiger partial charge in [0.05, 0.1) is 38.6 Å². The molecule has 0 spiro atoms. The number of ether oxygens (including phenoxy) is 6. The summed E-state index contributed by atoms with van der Waals surface area (Å²) in [5, 5.41) is 14.0. The lowest BCUT2D eigenvalue weighted by molar-refractivity contribution is 0.0526. The van der Waals surface area contributed by atoms with Crippen molar-refractivity contribution in [1.82, 2.24) is 31.5 Å². The van der Waals surface area contributed by atoms with Crippen LogP contribution in [0.25, 0.3) is 0 Å². The van der Waals surface area contributed by atoms with Crippen LogP contribution < -0.4 is 26.6 Å². The highest BCUT2D eigenvalue weighted by Crippen LogP contribution is 2.12. The zero-order chi connectivity index (χ0) is 50.1. The molecule has 0 bridgehead atoms. The molecule has 1 atom stereocenters. The Balaban J connectivity index is 1.35. The molecule has 4 rings (SSSR count). The predicted octanol–water partition coefficient (Wildman–Crippen LogP) is 7.59. The van der Waals surface area contributed by atoms with E-state index < -0.39 is 36.1 Å². The van der Waals surface area contributed by atoms with Crippen LogP contribution >= 0.6 is 0 Å². The van der Waals surface area contributed by atoms with E-state index in [1.54, 1.807) is 20.8 Å². The lowest BCUT2D eigenvalue weighted by Gasteiger charge is -2.28. The summed E-state index contributed by atoms with van der Waals surface area (Å²) < 4.78 is 33.1. The lowest BCUT2D eigenvalue weighted by Crippen LogP contribution is -2.47. The first kappa shape index (κ1) is 55.7. The van der Waals surface area contributed by atoms with Crippen molar-refractivity contribution in [3.05, 3.63) is 131 Å². The molecular weight excluding hydrogens is 899 g/mol. The van der Waals surface area contributed by atoms with E-state index in [0.29, 0.717) is 51.2 Å². The number of amides is 5. The molecule has 1 unspecified atom stereocenters. The van der Waals surface area contributed by atoms with Crippen LogP contribution in [-0.2, 0) is 48.2 Å². The molecule has 0 aliphatic heterocycles. The first-order valence-electron chi connectivity index (χ1n) is 23.8. The first-order valence-corrected chi connectivity index (χ1v) is 23.8. The fourth-order valence-electron chi connectivity index (χ4n) is 6.70. The largest absolute Gasteiger partial charge is 0.445 e. The van der Waals surface area contributed by atoms with Gasteiger partial charge in [-0.15, -0.1) is 0 Å². The second kappa shape index (κ2) is 32.8. The topological polar surface area (TPSA) is 216 Å². The van der Waals surface area contributed by atoms with Crippen molar-refractivity contribution >= 4 is 36.2 Å². The van der Waals surface area contributed by atoms with Crippen LogP contribution in [0.4, 0.5) is 24.0 Å². The second-order valence-electron chi connectivity index (χ2n) is 17.3. The molecule has 18 nitrogen and oxygen atoms in total. The third-order valence-corrected chi connectivity index (χ3v) is 10.3. The molecule has 3 aromatic carbocycles. The van der Waals surface area contributed by atoms with Gasteiger partial charge in [-0.2, -0.15) is 0 Å². The van der Waals surface area contributed by atoms with Gasteiger partial charge >= 0.3 is 30.5 Å². The third-order valence-electron chi connectivity index (χ3n) is 10.3. The Kier molecular flexibility index (Phi) is 26.1. The van der Waals surface area contributed by atoms with Crippen molar-refractivity contribution < 1.29 is 52.4 Å². The summed E-state index contributed by atoms with van der Waals surface area (Å²) in [6, 6.07) is 27.7. The average molecular weight is 970 g/mol. The molecule has 0 saturated carbocycles. The van der Waals surface area contributed by atoms with Crippen molar-refractivity contribution in [3.8, 4) is 0 Å². The molecule has 0 heterocycles. The van der Waals surface area contributed by atoms with Gasteiger partial charge in [-0.3, -0.25) is 9.89 Å². The number of carbonyl (C=O) groups is 5. The van der Waals surface area contributed by atoms with Gasteiger partial charge in [0.2, 0.25) is 0 Å². The molecule has 0 radical (unpaired) electrons. The minimum atomic E-state index is -0.638. The number of rotatable bonds is 29. The summed E-state index contributed by atoms with van der Waals surface area (Å²) in [7, 11) is 0. The molecule has 1 aliphatic rings. The Labute approximate surface area is 411 Å². The van der Waals surface area contributed by atoms with Crippen molar-refractivity contribution in [3.63, 3.8) is 0 Å². The van der Waals surface area contributed by atoms with E-state index in [9.17, 15) is 24.0 Å². The normalized spacial score (nSPS) is 12.7. The number of alkyl carbamates (subject to hydrolysis) is 5. The first-order chi connectivity index (χ1) is 33.9. The minimum Gasteiger partial charge on any atom is -0.445 e. The maximum atomic E-state index is 13.2. The second-order valence-corrected chi connectivity index (χ2v) is 17.3. The Bertz CT molecular complexity index is 2100. The number of benzene rings is 3. The SMILES string of the molecule is CC(C)(C)OC(=O)NCCCCC(CN(CCNC(=O)OCc1ccccc1)CCOCCN=C(CNC(=O)OCC1=CC=CCC1)CNC(=O)OCc1ccccc1)NC(=O)OCc1ccccc1. The molecular formula is C52H71N7O11. The van der Waals surface area contributed by atoms with Gasteiger partial charge < -0.3 is 55.0 Å². The van der Waals surface area contributed by atoms with Crippen LogP contribution in [0.3, 0.4) is 0 Å². The van der Waals surface area contributed by atoms with E-state index in [-0.39, 0.29) is 71.9 Å². The van der Waals surface area contributed by atoms with E-state index >= 15 is 0 Å². The van der Waals surface area contributed by atoms with Crippen molar-refractivity contribution in [2.45, 2.75) is 84.3 Å². The summed E-state index contributed by atoms with van der Waals surface area (Å²) >= 11 is 0. The zero-order valence-electron chi connectivity index (χ0n) is 40.8. The number of allylic oxidation sites excluding steroid dienone is 3. The molecule has 0 aromatic heterocycles. The molecule has 380 valence electrons. The van der Waals surface area contributed by atoms with Crippen molar-refractivity contribution in [1.29, 1.82) is 0 Å². The highest BCUT2D eigenvalue weighted by molar-refractivity contribution is 5.92. The molecule has 1 aliphatic carbocycles. The quantitative estimate of drug-likeness (QED) is 0.0258. The number of hydrogen-bond donors (Lipinski definition) is 5. The van der Waals surface area contributed by atoms with Crippen LogP contribution in [-0.4, -0.2) is 125 Å². The fourth-order valence-corrected chi connectivity index (χ4v) is 6.70. The Morgan fingerprint density at radius 2 is 1.17 bits per heavy atom. The molecule has 5 N–H and O–H groups in total. The number of nitrogens with zero attached hydrogens (tertiary/aromatic N) is 2. The predicted molar refractivity (Wildman–Crippen MR) is 266 cm³/mol. The third kappa shape index (κ3) is 26.6. The lowest BCUT2D eigenvalue weighted by atomic mass is 10.1. The van der Waals surface area contributed by atoms with Gasteiger partial charge in [0.15, 0.2) is 0 Å². The van der Waals surface area contributed by atoms with Gasteiger partial charge in [-0.1, -0.05) is 109 Å². The number of carbonyl (C=O) groups excluding carboxylic acids is 5. The van der Waals surface area contributed by atoms with E-state index in [4.69, 9.17) is 28.4 Å². The monoisotopic (exact) mass is 970 g/mol. The van der Waals surface area contributed by atoms with E-state index in [2.05, 4.69) is 42.6 Å². The maximum absolute atomic E-state index is 13.2. The van der Waals surface area contributed by atoms with E-state index in [1.807, 2.05) is 103 Å². The van der Waals surface area contributed by atoms with Gasteiger partial charge in [0.25, 0.3) is 0 Å². The molecule has 3 aromatic rings. The molecule has 5 amide bonds. The Morgan fingerprint density at radius 1 is 0.629 bits per heavy atom. The number of nitrogens with one attached hydrogen (secondary N) is 5. The van der Waals surface area contributed by atoms with Crippen LogP contribution in [0.2, 0.25) is 0 Å². The van der Waals surface area contributed by atoms with Crippen molar-refractivity contribution in [2.24, 2.45) is 4.99 Å². The number of unbranched alkanes of at least 4 members (excludes halogenated alkanes) is 1. The highest BCUT2D eigenvalue weighted by atomic mass is 16.6. The van der Waals surface area contributed by atoms with Gasteiger partial charge in [0, 0.05) is 38.8 Å². The standard InChI is InChI=1S/C52H71N7O11/c1-52(2,3)70-50(63)54-27-17-16-26-45(58-51(64)69-40-44-24-14-7-15-25-44)36-59(30-28-55-47(60)66-37-41-18-8-4-9-19-41)31-33-65-32-29-53-46(34-56-48(61)67-38-42-20-10-5-11-21-42)35-57-49(62)68-39-43-22-12-6-13-23-43/h4-12,14-15,18-22,24-25,45H,13,16-17,23,26-40H2,1-3H3,(H,54,63)(H,55,60)(H,56,61)(H,57,62)(H,58,64). The van der Waals surface area contributed by atoms with E-state index in [0.717, 1.165) is 35.1 Å². The molecule has 70 heavy (non-hydrogen) atoms. The molecule has 0 saturated heterocycles. The summed E-state index contributed by atoms with van der Waals surface area (Å²) in [5.41, 5.74) is 3.41.